The van der Waals surface area contributed by atoms with Crippen molar-refractivity contribution in [3.63, 3.8) is 0 Å². The molecule has 3 aromatic rings. The third kappa shape index (κ3) is 2.80. The maximum atomic E-state index is 13.2. The Hall–Kier alpha value is -2.93. The van der Waals surface area contributed by atoms with E-state index in [1.807, 2.05) is 35.0 Å². The van der Waals surface area contributed by atoms with E-state index in [2.05, 4.69) is 10.1 Å². The summed E-state index contributed by atoms with van der Waals surface area (Å²) in [6.07, 6.45) is -0.620. The zero-order chi connectivity index (χ0) is 18.3. The molecule has 0 spiro atoms. The van der Waals surface area contributed by atoms with E-state index in [9.17, 15) is 9.90 Å². The third-order valence-corrected chi connectivity index (χ3v) is 4.66. The van der Waals surface area contributed by atoms with Gasteiger partial charge in [0.05, 0.1) is 48.8 Å². The number of para-hydroxylation sites is 1. The average molecular weight is 352 g/mol. The number of aliphatic hydroxyl groups excluding tert-OH is 1. The summed E-state index contributed by atoms with van der Waals surface area (Å²) in [4.78, 5) is 19.4. The first-order chi connectivity index (χ1) is 12.6. The summed E-state index contributed by atoms with van der Waals surface area (Å²) in [5.74, 6) is 0.360. The number of hydrogen-bond donors (Lipinski definition) is 1. The molecule has 4 rings (SSSR count). The lowest BCUT2D eigenvalue weighted by Crippen LogP contribution is -2.38. The van der Waals surface area contributed by atoms with Gasteiger partial charge in [-0.3, -0.25) is 9.48 Å². The molecule has 0 aliphatic carbocycles. The minimum atomic E-state index is -0.620. The van der Waals surface area contributed by atoms with Crippen LogP contribution < -0.4 is 4.74 Å². The van der Waals surface area contributed by atoms with Gasteiger partial charge >= 0.3 is 0 Å². The number of fused-ring (bicyclic) bond motifs is 2. The predicted octanol–water partition coefficient (Wildman–Crippen LogP) is 2.15. The Morgan fingerprint density at radius 2 is 2.08 bits per heavy atom. The second-order valence-corrected chi connectivity index (χ2v) is 6.42. The van der Waals surface area contributed by atoms with Crippen molar-refractivity contribution in [2.45, 2.75) is 26.1 Å². The number of aliphatic hydroxyl groups is 1. The van der Waals surface area contributed by atoms with Crippen molar-refractivity contribution >= 4 is 16.8 Å². The first-order valence-electron chi connectivity index (χ1n) is 8.54. The molecule has 1 aliphatic heterocycles. The molecule has 1 atom stereocenters. The van der Waals surface area contributed by atoms with Gasteiger partial charge in [-0.25, -0.2) is 4.98 Å². The van der Waals surface area contributed by atoms with Gasteiger partial charge in [0, 0.05) is 18.0 Å². The molecule has 0 bridgehead atoms. The van der Waals surface area contributed by atoms with E-state index >= 15 is 0 Å². The smallest absolute Gasteiger partial charge is 0.255 e. The van der Waals surface area contributed by atoms with Crippen LogP contribution in [0.1, 0.15) is 34.8 Å². The maximum Gasteiger partial charge on any atom is 0.255 e. The quantitative estimate of drug-likeness (QED) is 0.781. The van der Waals surface area contributed by atoms with Crippen LogP contribution in [-0.4, -0.2) is 44.3 Å². The van der Waals surface area contributed by atoms with Gasteiger partial charge in [-0.05, 0) is 19.1 Å². The van der Waals surface area contributed by atoms with E-state index in [-0.39, 0.29) is 5.91 Å². The van der Waals surface area contributed by atoms with Gasteiger partial charge in [-0.1, -0.05) is 18.2 Å². The van der Waals surface area contributed by atoms with Gasteiger partial charge in [0.15, 0.2) is 0 Å². The Labute approximate surface area is 150 Å². The van der Waals surface area contributed by atoms with E-state index in [0.29, 0.717) is 36.8 Å². The Balaban J connectivity index is 1.69. The lowest BCUT2D eigenvalue weighted by atomic mass is 10.1. The largest absolute Gasteiger partial charge is 0.481 e. The van der Waals surface area contributed by atoms with Crippen LogP contribution in [0, 0.1) is 0 Å². The minimum absolute atomic E-state index is 0.0621. The van der Waals surface area contributed by atoms with Crippen LogP contribution in [0.2, 0.25) is 0 Å². The monoisotopic (exact) mass is 352 g/mol. The molecule has 0 fully saturated rings. The number of nitrogens with zero attached hydrogens (tertiary/aromatic N) is 4. The third-order valence-electron chi connectivity index (χ3n) is 4.66. The summed E-state index contributed by atoms with van der Waals surface area (Å²) in [6.45, 7) is 3.31. The maximum absolute atomic E-state index is 13.2. The molecular weight excluding hydrogens is 332 g/mol. The van der Waals surface area contributed by atoms with Gasteiger partial charge in [0.25, 0.3) is 5.91 Å². The highest BCUT2D eigenvalue weighted by atomic mass is 16.5. The second kappa shape index (κ2) is 6.42. The molecule has 2 aromatic heterocycles. The Kier molecular flexibility index (Phi) is 4.08. The number of methoxy groups -OCH3 is 1. The van der Waals surface area contributed by atoms with Crippen molar-refractivity contribution in [3.8, 4) is 5.88 Å². The molecule has 134 valence electrons. The molecule has 0 radical (unpaired) electrons. The summed E-state index contributed by atoms with van der Waals surface area (Å²) in [7, 11) is 1.54. The fourth-order valence-corrected chi connectivity index (χ4v) is 3.27. The lowest BCUT2D eigenvalue weighted by Gasteiger charge is -2.28. The number of carbonyl (C=O) groups excluding carboxylic acids is 1. The van der Waals surface area contributed by atoms with Crippen LogP contribution >= 0.6 is 0 Å². The molecular formula is C19H20N4O3. The zero-order valence-electron chi connectivity index (χ0n) is 14.7. The molecule has 0 saturated carbocycles. The van der Waals surface area contributed by atoms with Gasteiger partial charge in [0.1, 0.15) is 0 Å². The molecule has 0 saturated heterocycles. The number of pyridine rings is 1. The van der Waals surface area contributed by atoms with Crippen LogP contribution in [0.15, 0.2) is 36.4 Å². The van der Waals surface area contributed by atoms with Crippen molar-refractivity contribution in [2.75, 3.05) is 13.7 Å². The van der Waals surface area contributed by atoms with E-state index in [4.69, 9.17) is 4.74 Å². The van der Waals surface area contributed by atoms with E-state index in [1.165, 1.54) is 0 Å². The van der Waals surface area contributed by atoms with Crippen molar-refractivity contribution < 1.29 is 14.6 Å². The molecule has 0 unspecified atom stereocenters. The average Bonchev–Trinajstić information content (AvgIpc) is 3.10. The molecule has 7 nitrogen and oxygen atoms in total. The molecule has 1 aliphatic rings. The Morgan fingerprint density at radius 3 is 2.85 bits per heavy atom. The number of amides is 1. The number of ether oxygens (including phenoxy) is 1. The van der Waals surface area contributed by atoms with E-state index < -0.39 is 6.10 Å². The molecule has 1 aromatic carbocycles. The summed E-state index contributed by atoms with van der Waals surface area (Å²) < 4.78 is 7.12. The topological polar surface area (TPSA) is 80.5 Å². The minimum Gasteiger partial charge on any atom is -0.481 e. The number of rotatable bonds is 3. The summed E-state index contributed by atoms with van der Waals surface area (Å²) >= 11 is 0. The SMILES string of the molecule is COc1cc(C(=O)N2CCn3nc([C@@H](C)O)cc3C2)c2ccccc2n1. The van der Waals surface area contributed by atoms with E-state index in [0.717, 1.165) is 16.6 Å². The van der Waals surface area contributed by atoms with Gasteiger partial charge in [0.2, 0.25) is 5.88 Å². The van der Waals surface area contributed by atoms with Crippen molar-refractivity contribution in [1.29, 1.82) is 0 Å². The van der Waals surface area contributed by atoms with Gasteiger partial charge in [-0.15, -0.1) is 0 Å². The zero-order valence-corrected chi connectivity index (χ0v) is 14.7. The highest BCUT2D eigenvalue weighted by molar-refractivity contribution is 6.06. The van der Waals surface area contributed by atoms with Crippen LogP contribution in [0.5, 0.6) is 5.88 Å². The van der Waals surface area contributed by atoms with Crippen LogP contribution in [0.3, 0.4) is 0 Å². The number of hydrogen-bond acceptors (Lipinski definition) is 5. The summed E-state index contributed by atoms with van der Waals surface area (Å²) in [6, 6.07) is 11.1. The Bertz CT molecular complexity index is 980. The lowest BCUT2D eigenvalue weighted by molar-refractivity contribution is 0.0707. The van der Waals surface area contributed by atoms with Crippen molar-refractivity contribution in [2.24, 2.45) is 0 Å². The van der Waals surface area contributed by atoms with Crippen molar-refractivity contribution in [1.82, 2.24) is 19.7 Å². The number of aromatic nitrogens is 3. The molecule has 7 heteroatoms. The summed E-state index contributed by atoms with van der Waals surface area (Å²) in [5, 5.41) is 14.9. The van der Waals surface area contributed by atoms with Crippen LogP contribution in [-0.2, 0) is 13.1 Å². The highest BCUT2D eigenvalue weighted by Crippen LogP contribution is 2.25. The summed E-state index contributed by atoms with van der Waals surface area (Å²) in [5.41, 5.74) is 2.86. The van der Waals surface area contributed by atoms with Crippen LogP contribution in [0.25, 0.3) is 10.9 Å². The predicted molar refractivity (Wildman–Crippen MR) is 95.9 cm³/mol. The molecule has 3 heterocycles. The first kappa shape index (κ1) is 16.5. The highest BCUT2D eigenvalue weighted by Gasteiger charge is 2.25. The standard InChI is InChI=1S/C19H20N4O3/c1-12(24)17-9-13-11-22(7-8-23(13)21-17)19(25)15-10-18(26-2)20-16-6-4-3-5-14(15)16/h3-6,9-10,12,24H,7-8,11H2,1-2H3/t12-/m1/s1. The fourth-order valence-electron chi connectivity index (χ4n) is 3.27. The molecule has 1 amide bonds. The first-order valence-corrected chi connectivity index (χ1v) is 8.54. The molecule has 26 heavy (non-hydrogen) atoms. The second-order valence-electron chi connectivity index (χ2n) is 6.42. The normalized spacial score (nSPS) is 15.0. The van der Waals surface area contributed by atoms with Crippen molar-refractivity contribution in [3.05, 3.63) is 53.3 Å². The number of benzene rings is 1. The number of carbonyl (C=O) groups is 1. The van der Waals surface area contributed by atoms with Gasteiger partial charge < -0.3 is 14.7 Å². The molecule has 1 N–H and O–H groups in total. The fraction of sp³-hybridized carbons (Fsp3) is 0.316. The van der Waals surface area contributed by atoms with E-state index in [1.54, 1.807) is 25.0 Å². The Morgan fingerprint density at radius 1 is 1.27 bits per heavy atom. The van der Waals surface area contributed by atoms with Gasteiger partial charge in [-0.2, -0.15) is 5.10 Å². The van der Waals surface area contributed by atoms with Crippen LogP contribution in [0.4, 0.5) is 0 Å².